The van der Waals surface area contributed by atoms with E-state index in [0.29, 0.717) is 0 Å². The molecule has 1 aliphatic rings. The van der Waals surface area contributed by atoms with Crippen molar-refractivity contribution in [1.82, 2.24) is 34.3 Å². The number of fused-ring (bicyclic) bond motifs is 2. The van der Waals surface area contributed by atoms with Crippen LogP contribution in [0.1, 0.15) is 32.3 Å². The molecule has 4 aromatic rings. The summed E-state index contributed by atoms with van der Waals surface area (Å²) < 4.78 is 3.75. The Morgan fingerprint density at radius 2 is 1.67 bits per heavy atom. The van der Waals surface area contributed by atoms with Crippen LogP contribution in [0.3, 0.4) is 0 Å². The van der Waals surface area contributed by atoms with E-state index < -0.39 is 0 Å². The smallest absolute Gasteiger partial charge is 0.163 e. The number of rotatable bonds is 2. The van der Waals surface area contributed by atoms with Gasteiger partial charge in [-0.2, -0.15) is 10.2 Å². The van der Waals surface area contributed by atoms with E-state index in [4.69, 9.17) is 15.1 Å². The molecule has 5 heterocycles. The van der Waals surface area contributed by atoms with Gasteiger partial charge in [-0.15, -0.1) is 0 Å². The summed E-state index contributed by atoms with van der Waals surface area (Å²) in [6.45, 7) is 12.0. The zero-order valence-corrected chi connectivity index (χ0v) is 18.2. The molecule has 0 radical (unpaired) electrons. The summed E-state index contributed by atoms with van der Waals surface area (Å²) in [5, 5.41) is 10.1. The summed E-state index contributed by atoms with van der Waals surface area (Å²) in [4.78, 5) is 18.6. The van der Waals surface area contributed by atoms with Crippen LogP contribution in [0.15, 0.2) is 24.7 Å². The van der Waals surface area contributed by atoms with Gasteiger partial charge in [-0.1, -0.05) is 20.8 Å². The third kappa shape index (κ3) is 3.05. The van der Waals surface area contributed by atoms with Gasteiger partial charge in [0, 0.05) is 51.0 Å². The van der Waals surface area contributed by atoms with Gasteiger partial charge in [0.2, 0.25) is 0 Å². The molecule has 1 aliphatic heterocycles. The first-order valence-corrected chi connectivity index (χ1v) is 10.3. The highest BCUT2D eigenvalue weighted by Gasteiger charge is 2.25. The van der Waals surface area contributed by atoms with Crippen LogP contribution in [0, 0.1) is 6.92 Å². The van der Waals surface area contributed by atoms with Gasteiger partial charge in [-0.3, -0.25) is 4.68 Å². The van der Waals surface area contributed by atoms with E-state index in [0.717, 1.165) is 65.9 Å². The van der Waals surface area contributed by atoms with Crippen LogP contribution in [-0.4, -0.2) is 60.5 Å². The van der Waals surface area contributed by atoms with Crippen molar-refractivity contribution >= 4 is 28.2 Å². The number of hydrogen-bond acceptors (Lipinski definition) is 7. The Morgan fingerprint density at radius 3 is 2.37 bits per heavy atom. The van der Waals surface area contributed by atoms with Crippen LogP contribution in [0.25, 0.3) is 16.6 Å². The molecule has 0 aromatic carbocycles. The molecule has 0 N–H and O–H groups in total. The van der Waals surface area contributed by atoms with Gasteiger partial charge in [0.05, 0.1) is 17.3 Å². The number of nitrogens with zero attached hydrogens (tertiary/aromatic N) is 9. The van der Waals surface area contributed by atoms with Gasteiger partial charge >= 0.3 is 0 Å². The highest BCUT2D eigenvalue weighted by atomic mass is 15.3. The van der Waals surface area contributed by atoms with Crippen molar-refractivity contribution in [1.29, 1.82) is 0 Å². The van der Waals surface area contributed by atoms with Crippen LogP contribution in [0.2, 0.25) is 0 Å². The average molecular weight is 406 g/mol. The average Bonchev–Trinajstić information content (AvgIpc) is 3.32. The monoisotopic (exact) mass is 405 g/mol. The van der Waals surface area contributed by atoms with Gasteiger partial charge in [-0.05, 0) is 13.0 Å². The third-order valence-corrected chi connectivity index (χ3v) is 5.70. The molecule has 0 bridgehead atoms. The molecule has 4 aromatic heterocycles. The minimum absolute atomic E-state index is 0.00194. The van der Waals surface area contributed by atoms with Crippen LogP contribution in [0.4, 0.5) is 11.6 Å². The maximum Gasteiger partial charge on any atom is 0.163 e. The first kappa shape index (κ1) is 18.8. The molecular weight excluding hydrogens is 378 g/mol. The molecule has 0 atom stereocenters. The van der Waals surface area contributed by atoms with Crippen molar-refractivity contribution in [2.24, 2.45) is 7.05 Å². The maximum atomic E-state index is 4.76. The molecule has 0 aliphatic carbocycles. The summed E-state index contributed by atoms with van der Waals surface area (Å²) in [6, 6.07) is 2.17. The minimum atomic E-state index is 0.00194. The minimum Gasteiger partial charge on any atom is -0.352 e. The molecule has 9 nitrogen and oxygen atoms in total. The SMILES string of the molecule is Cc1nc(N2CCN(c3nccn4nc(C(C)(C)C)cc34)CC2)c2cnn(C)c2n1. The second-order valence-electron chi connectivity index (χ2n) is 8.93. The lowest BCUT2D eigenvalue weighted by Gasteiger charge is -2.36. The van der Waals surface area contributed by atoms with E-state index in [1.165, 1.54) is 0 Å². The summed E-state index contributed by atoms with van der Waals surface area (Å²) >= 11 is 0. The van der Waals surface area contributed by atoms with E-state index >= 15 is 0 Å². The van der Waals surface area contributed by atoms with Crippen molar-refractivity contribution in [3.63, 3.8) is 0 Å². The fourth-order valence-electron chi connectivity index (χ4n) is 4.00. The number of hydrogen-bond donors (Lipinski definition) is 0. The standard InChI is InChI=1S/C21H27N9/c1-14-24-18-15(13-23-27(18)5)19(25-14)28-8-10-29(11-9-28)20-16-12-17(21(2,3)4)26-30(16)7-6-22-20/h6-7,12-13H,8-11H2,1-5H3. The summed E-state index contributed by atoms with van der Waals surface area (Å²) in [5.74, 6) is 2.73. The van der Waals surface area contributed by atoms with Crippen LogP contribution < -0.4 is 9.80 Å². The van der Waals surface area contributed by atoms with Gasteiger partial charge in [0.25, 0.3) is 0 Å². The third-order valence-electron chi connectivity index (χ3n) is 5.70. The van der Waals surface area contributed by atoms with Crippen molar-refractivity contribution in [3.05, 3.63) is 36.2 Å². The fourth-order valence-corrected chi connectivity index (χ4v) is 4.00. The zero-order chi connectivity index (χ0) is 21.0. The Bertz CT molecular complexity index is 1220. The summed E-state index contributed by atoms with van der Waals surface area (Å²) in [5.41, 5.74) is 3.01. The van der Waals surface area contributed by atoms with Crippen molar-refractivity contribution in [3.8, 4) is 0 Å². The molecule has 0 unspecified atom stereocenters. The van der Waals surface area contributed by atoms with Crippen molar-refractivity contribution < 1.29 is 0 Å². The van der Waals surface area contributed by atoms with E-state index in [1.807, 2.05) is 37.1 Å². The highest BCUT2D eigenvalue weighted by Crippen LogP contribution is 2.28. The maximum absolute atomic E-state index is 4.76. The molecule has 9 heteroatoms. The van der Waals surface area contributed by atoms with Crippen LogP contribution >= 0.6 is 0 Å². The summed E-state index contributed by atoms with van der Waals surface area (Å²) in [7, 11) is 1.92. The molecule has 30 heavy (non-hydrogen) atoms. The highest BCUT2D eigenvalue weighted by molar-refractivity contribution is 5.87. The van der Waals surface area contributed by atoms with E-state index in [9.17, 15) is 0 Å². The van der Waals surface area contributed by atoms with Gasteiger partial charge in [0.1, 0.15) is 17.2 Å². The van der Waals surface area contributed by atoms with Crippen molar-refractivity contribution in [2.45, 2.75) is 33.1 Å². The number of anilines is 2. The zero-order valence-electron chi connectivity index (χ0n) is 18.2. The Balaban J connectivity index is 1.43. The number of aryl methyl sites for hydroxylation is 2. The van der Waals surface area contributed by atoms with Crippen LogP contribution in [0.5, 0.6) is 0 Å². The van der Waals surface area contributed by atoms with Gasteiger partial charge in [0.15, 0.2) is 11.5 Å². The Hall–Kier alpha value is -3.23. The molecule has 1 saturated heterocycles. The van der Waals surface area contributed by atoms with Gasteiger partial charge < -0.3 is 9.80 Å². The number of piperazine rings is 1. The second kappa shape index (κ2) is 6.65. The summed E-state index contributed by atoms with van der Waals surface area (Å²) in [6.07, 6.45) is 5.62. The predicted octanol–water partition coefficient (Wildman–Crippen LogP) is 2.34. The van der Waals surface area contributed by atoms with E-state index in [-0.39, 0.29) is 5.41 Å². The van der Waals surface area contributed by atoms with Gasteiger partial charge in [-0.25, -0.2) is 19.5 Å². The fraction of sp³-hybridized carbons (Fsp3) is 0.476. The molecule has 0 spiro atoms. The van der Waals surface area contributed by atoms with Crippen molar-refractivity contribution in [2.75, 3.05) is 36.0 Å². The Labute approximate surface area is 175 Å². The lowest BCUT2D eigenvalue weighted by atomic mass is 9.92. The molecule has 5 rings (SSSR count). The first-order valence-electron chi connectivity index (χ1n) is 10.3. The molecule has 0 saturated carbocycles. The largest absolute Gasteiger partial charge is 0.352 e. The number of aromatic nitrogens is 7. The molecule has 1 fully saturated rings. The van der Waals surface area contributed by atoms with Crippen LogP contribution in [-0.2, 0) is 12.5 Å². The molecule has 0 amide bonds. The Kier molecular flexibility index (Phi) is 4.16. The normalized spacial score (nSPS) is 15.5. The second-order valence-corrected chi connectivity index (χ2v) is 8.93. The topological polar surface area (TPSA) is 80.3 Å². The predicted molar refractivity (Wildman–Crippen MR) is 117 cm³/mol. The molecule has 156 valence electrons. The Morgan fingerprint density at radius 1 is 0.967 bits per heavy atom. The van der Waals surface area contributed by atoms with E-state index in [2.05, 4.69) is 46.7 Å². The quantitative estimate of drug-likeness (QED) is 0.506. The first-order chi connectivity index (χ1) is 14.3. The lowest BCUT2D eigenvalue weighted by Crippen LogP contribution is -2.47. The lowest BCUT2D eigenvalue weighted by molar-refractivity contribution is 0.562. The van der Waals surface area contributed by atoms with E-state index in [1.54, 1.807) is 4.68 Å². The molecular formula is C21H27N9.